The lowest BCUT2D eigenvalue weighted by molar-refractivity contribution is 0.458. The third-order valence-electron chi connectivity index (χ3n) is 3.12. The van der Waals surface area contributed by atoms with Gasteiger partial charge in [0, 0.05) is 11.8 Å². The molecule has 1 aromatic heterocycles. The van der Waals surface area contributed by atoms with Gasteiger partial charge in [-0.15, -0.1) is 0 Å². The molecule has 2 nitrogen and oxygen atoms in total. The predicted octanol–water partition coefficient (Wildman–Crippen LogP) is 4.83. The average Bonchev–Trinajstić information content (AvgIpc) is 2.41. The van der Waals surface area contributed by atoms with Crippen LogP contribution in [-0.2, 0) is 6.42 Å². The Morgan fingerprint density at radius 1 is 1.11 bits per heavy atom. The third kappa shape index (κ3) is 3.82. The number of benzene rings is 1. The van der Waals surface area contributed by atoms with Crippen molar-refractivity contribution in [2.75, 3.05) is 0 Å². The Morgan fingerprint density at radius 3 is 2.47 bits per heavy atom. The summed E-state index contributed by atoms with van der Waals surface area (Å²) in [7, 11) is 0. The van der Waals surface area contributed by atoms with Gasteiger partial charge in [0.25, 0.3) is 0 Å². The molecule has 0 aliphatic carbocycles. The fourth-order valence-corrected chi connectivity index (χ4v) is 2.03. The first-order valence-corrected chi connectivity index (χ1v) is 6.89. The number of hydrogen-bond donors (Lipinski definition) is 0. The molecule has 2 heteroatoms. The van der Waals surface area contributed by atoms with E-state index in [1.165, 1.54) is 18.4 Å². The molecule has 0 bridgehead atoms. The summed E-state index contributed by atoms with van der Waals surface area (Å²) in [4.78, 5) is 4.32. The summed E-state index contributed by atoms with van der Waals surface area (Å²) in [6, 6.07) is 10.4. The zero-order valence-corrected chi connectivity index (χ0v) is 11.9. The van der Waals surface area contributed by atoms with Crippen molar-refractivity contribution in [2.45, 2.75) is 40.0 Å². The van der Waals surface area contributed by atoms with Crippen LogP contribution < -0.4 is 4.74 Å². The molecule has 19 heavy (non-hydrogen) atoms. The van der Waals surface area contributed by atoms with Gasteiger partial charge in [-0.1, -0.05) is 25.5 Å². The van der Waals surface area contributed by atoms with Crippen LogP contribution in [0, 0.1) is 13.8 Å². The van der Waals surface area contributed by atoms with Crippen molar-refractivity contribution in [1.29, 1.82) is 0 Å². The van der Waals surface area contributed by atoms with E-state index in [-0.39, 0.29) is 0 Å². The molecular weight excluding hydrogens is 234 g/mol. The first-order valence-electron chi connectivity index (χ1n) is 6.89. The van der Waals surface area contributed by atoms with Gasteiger partial charge in [0.2, 0.25) is 5.88 Å². The quantitative estimate of drug-likeness (QED) is 0.763. The van der Waals surface area contributed by atoms with Gasteiger partial charge >= 0.3 is 0 Å². The molecular formula is C17H21NO. The molecule has 0 saturated heterocycles. The smallest absolute Gasteiger partial charge is 0.222 e. The Labute approximate surface area is 115 Å². The van der Waals surface area contributed by atoms with Crippen LogP contribution in [0.4, 0.5) is 0 Å². The Balaban J connectivity index is 2.06. The van der Waals surface area contributed by atoms with E-state index in [4.69, 9.17) is 4.74 Å². The summed E-state index contributed by atoms with van der Waals surface area (Å²) in [5.74, 6) is 1.53. The minimum absolute atomic E-state index is 0.687. The second-order valence-electron chi connectivity index (χ2n) is 4.98. The average molecular weight is 255 g/mol. The zero-order chi connectivity index (χ0) is 13.7. The van der Waals surface area contributed by atoms with E-state index >= 15 is 0 Å². The number of aryl methyl sites for hydroxylation is 3. The molecule has 0 spiro atoms. The maximum absolute atomic E-state index is 5.81. The number of hydrogen-bond acceptors (Lipinski definition) is 2. The molecule has 0 N–H and O–H groups in total. The molecule has 0 saturated carbocycles. The zero-order valence-electron chi connectivity index (χ0n) is 11.9. The molecule has 0 amide bonds. The number of unbranched alkanes of at least 4 members (excludes halogenated alkanes) is 1. The van der Waals surface area contributed by atoms with Crippen LogP contribution in [0.25, 0.3) is 0 Å². The first kappa shape index (κ1) is 13.6. The molecule has 1 heterocycles. The number of rotatable bonds is 5. The van der Waals surface area contributed by atoms with Gasteiger partial charge in [0.1, 0.15) is 5.75 Å². The predicted molar refractivity (Wildman–Crippen MR) is 78.8 cm³/mol. The van der Waals surface area contributed by atoms with Crippen LogP contribution in [0.2, 0.25) is 0 Å². The lowest BCUT2D eigenvalue weighted by Gasteiger charge is -2.08. The van der Waals surface area contributed by atoms with Gasteiger partial charge < -0.3 is 4.74 Å². The van der Waals surface area contributed by atoms with Crippen LogP contribution >= 0.6 is 0 Å². The van der Waals surface area contributed by atoms with E-state index in [2.05, 4.69) is 30.1 Å². The SMILES string of the molecule is CCCCc1ccc(Oc2ncc(C)cc2C)cc1. The first-order chi connectivity index (χ1) is 9.19. The van der Waals surface area contributed by atoms with Gasteiger partial charge in [0.15, 0.2) is 0 Å². The maximum atomic E-state index is 5.81. The van der Waals surface area contributed by atoms with Gasteiger partial charge in [-0.2, -0.15) is 0 Å². The molecule has 100 valence electrons. The normalized spacial score (nSPS) is 10.5. The highest BCUT2D eigenvalue weighted by atomic mass is 16.5. The molecule has 0 aliphatic heterocycles. The number of aromatic nitrogens is 1. The Hall–Kier alpha value is -1.83. The van der Waals surface area contributed by atoms with Crippen LogP contribution in [0.15, 0.2) is 36.5 Å². The summed E-state index contributed by atoms with van der Waals surface area (Å²) in [6.07, 6.45) is 5.43. The molecule has 0 aliphatic rings. The molecule has 0 atom stereocenters. The summed E-state index contributed by atoms with van der Waals surface area (Å²) >= 11 is 0. The van der Waals surface area contributed by atoms with Crippen molar-refractivity contribution < 1.29 is 4.74 Å². The fraction of sp³-hybridized carbons (Fsp3) is 0.353. The number of nitrogens with zero attached hydrogens (tertiary/aromatic N) is 1. The maximum Gasteiger partial charge on any atom is 0.222 e. The fourth-order valence-electron chi connectivity index (χ4n) is 2.03. The van der Waals surface area contributed by atoms with Crippen LogP contribution in [0.1, 0.15) is 36.5 Å². The van der Waals surface area contributed by atoms with Gasteiger partial charge in [-0.3, -0.25) is 0 Å². The molecule has 2 rings (SSSR count). The summed E-state index contributed by atoms with van der Waals surface area (Å²) < 4.78 is 5.81. The van der Waals surface area contributed by atoms with Crippen LogP contribution in [-0.4, -0.2) is 4.98 Å². The lowest BCUT2D eigenvalue weighted by Crippen LogP contribution is -1.92. The van der Waals surface area contributed by atoms with E-state index in [9.17, 15) is 0 Å². The van der Waals surface area contributed by atoms with Crippen molar-refractivity contribution in [1.82, 2.24) is 4.98 Å². The second-order valence-corrected chi connectivity index (χ2v) is 4.98. The van der Waals surface area contributed by atoms with Gasteiger partial charge in [-0.05, 0) is 56.0 Å². The Morgan fingerprint density at radius 2 is 1.84 bits per heavy atom. The van der Waals surface area contributed by atoms with E-state index in [1.807, 2.05) is 32.2 Å². The lowest BCUT2D eigenvalue weighted by atomic mass is 10.1. The second kappa shape index (κ2) is 6.37. The van der Waals surface area contributed by atoms with Gasteiger partial charge in [0.05, 0.1) is 0 Å². The Bertz CT molecular complexity index is 531. The van der Waals surface area contributed by atoms with Crippen molar-refractivity contribution >= 4 is 0 Å². The topological polar surface area (TPSA) is 22.1 Å². The highest BCUT2D eigenvalue weighted by Crippen LogP contribution is 2.23. The van der Waals surface area contributed by atoms with Crippen molar-refractivity contribution in [3.05, 3.63) is 53.2 Å². The highest BCUT2D eigenvalue weighted by molar-refractivity contribution is 5.34. The monoisotopic (exact) mass is 255 g/mol. The van der Waals surface area contributed by atoms with Crippen molar-refractivity contribution in [3.8, 4) is 11.6 Å². The molecule has 0 radical (unpaired) electrons. The van der Waals surface area contributed by atoms with E-state index in [1.54, 1.807) is 0 Å². The third-order valence-corrected chi connectivity index (χ3v) is 3.12. The van der Waals surface area contributed by atoms with E-state index in [0.717, 1.165) is 23.3 Å². The summed E-state index contributed by atoms with van der Waals surface area (Å²) in [6.45, 7) is 6.26. The van der Waals surface area contributed by atoms with E-state index in [0.29, 0.717) is 5.88 Å². The number of ether oxygens (including phenoxy) is 1. The molecule has 1 aromatic carbocycles. The molecule has 2 aromatic rings. The minimum Gasteiger partial charge on any atom is -0.439 e. The highest BCUT2D eigenvalue weighted by Gasteiger charge is 2.03. The standard InChI is InChI=1S/C17H21NO/c1-4-5-6-15-7-9-16(10-8-15)19-17-14(3)11-13(2)12-18-17/h7-12H,4-6H2,1-3H3. The van der Waals surface area contributed by atoms with Crippen molar-refractivity contribution in [3.63, 3.8) is 0 Å². The van der Waals surface area contributed by atoms with Crippen LogP contribution in [0.5, 0.6) is 11.6 Å². The Kier molecular flexibility index (Phi) is 4.56. The van der Waals surface area contributed by atoms with Crippen LogP contribution in [0.3, 0.4) is 0 Å². The molecule has 0 fully saturated rings. The summed E-state index contributed by atoms with van der Waals surface area (Å²) in [5, 5.41) is 0. The number of pyridine rings is 1. The minimum atomic E-state index is 0.687. The largest absolute Gasteiger partial charge is 0.439 e. The summed E-state index contributed by atoms with van der Waals surface area (Å²) in [5.41, 5.74) is 3.58. The van der Waals surface area contributed by atoms with Gasteiger partial charge in [-0.25, -0.2) is 4.98 Å². The van der Waals surface area contributed by atoms with Crippen molar-refractivity contribution in [2.24, 2.45) is 0 Å². The molecule has 0 unspecified atom stereocenters. The van der Waals surface area contributed by atoms with E-state index < -0.39 is 0 Å².